The largest absolute Gasteiger partial charge is 0.469 e. The summed E-state index contributed by atoms with van der Waals surface area (Å²) in [7, 11) is 1.37. The van der Waals surface area contributed by atoms with Gasteiger partial charge in [0.1, 0.15) is 0 Å². The number of benzene rings is 1. The van der Waals surface area contributed by atoms with E-state index in [9.17, 15) is 9.59 Å². The van der Waals surface area contributed by atoms with Gasteiger partial charge in [-0.25, -0.2) is 0 Å². The Labute approximate surface area is 127 Å². The fourth-order valence-electron chi connectivity index (χ4n) is 2.16. The van der Waals surface area contributed by atoms with E-state index in [2.05, 4.69) is 4.74 Å². The van der Waals surface area contributed by atoms with E-state index >= 15 is 0 Å². The van der Waals surface area contributed by atoms with Gasteiger partial charge in [-0.1, -0.05) is 37.3 Å². The highest BCUT2D eigenvalue weighted by Gasteiger charge is 2.19. The molecular weight excluding hydrogens is 266 g/mol. The second-order valence-electron chi connectivity index (χ2n) is 5.16. The van der Waals surface area contributed by atoms with Crippen molar-refractivity contribution in [2.75, 3.05) is 13.7 Å². The monoisotopic (exact) mass is 291 g/mol. The Bertz CT molecular complexity index is 445. The van der Waals surface area contributed by atoms with Crippen LogP contribution in [-0.4, -0.2) is 36.5 Å². The van der Waals surface area contributed by atoms with Crippen LogP contribution in [-0.2, 0) is 20.7 Å². The second kappa shape index (κ2) is 9.16. The van der Waals surface area contributed by atoms with Crippen LogP contribution in [0.4, 0.5) is 0 Å². The normalized spacial score (nSPS) is 11.8. The molecule has 21 heavy (non-hydrogen) atoms. The van der Waals surface area contributed by atoms with E-state index < -0.39 is 0 Å². The van der Waals surface area contributed by atoms with Crippen LogP contribution < -0.4 is 0 Å². The van der Waals surface area contributed by atoms with E-state index in [0.29, 0.717) is 13.0 Å². The molecule has 1 atom stereocenters. The molecule has 116 valence electrons. The molecule has 1 amide bonds. The first-order valence-electron chi connectivity index (χ1n) is 7.48. The minimum absolute atomic E-state index is 0.0945. The highest BCUT2D eigenvalue weighted by molar-refractivity contribution is 5.77. The van der Waals surface area contributed by atoms with Crippen LogP contribution in [0.2, 0.25) is 0 Å². The average Bonchev–Trinajstić information content (AvgIpc) is 2.53. The predicted molar refractivity (Wildman–Crippen MR) is 82.9 cm³/mol. The van der Waals surface area contributed by atoms with E-state index in [1.165, 1.54) is 7.11 Å². The molecule has 0 N–H and O–H groups in total. The molecular formula is C17H25NO3. The molecule has 1 rings (SSSR count). The standard InChI is InChI=1S/C17H25NO3/c1-4-14(2)18(13-12-17(20)21-3)16(19)11-10-15-8-6-5-7-9-15/h5-9,14H,4,10-13H2,1-3H3. The van der Waals surface area contributed by atoms with Gasteiger partial charge in [0.2, 0.25) is 5.91 Å². The lowest BCUT2D eigenvalue weighted by Gasteiger charge is -2.28. The van der Waals surface area contributed by atoms with Crippen LogP contribution in [0.3, 0.4) is 0 Å². The Morgan fingerprint density at radius 3 is 2.43 bits per heavy atom. The summed E-state index contributed by atoms with van der Waals surface area (Å²) in [4.78, 5) is 25.5. The van der Waals surface area contributed by atoms with Gasteiger partial charge < -0.3 is 9.64 Å². The van der Waals surface area contributed by atoms with Crippen molar-refractivity contribution in [3.63, 3.8) is 0 Å². The van der Waals surface area contributed by atoms with Gasteiger partial charge in [-0.05, 0) is 25.3 Å². The Morgan fingerprint density at radius 2 is 1.86 bits per heavy atom. The number of esters is 1. The first kappa shape index (κ1) is 17.2. The Hall–Kier alpha value is -1.84. The van der Waals surface area contributed by atoms with Crippen LogP contribution in [0, 0.1) is 0 Å². The molecule has 4 nitrogen and oxygen atoms in total. The SMILES string of the molecule is CCC(C)N(CCC(=O)OC)C(=O)CCc1ccccc1. The minimum Gasteiger partial charge on any atom is -0.469 e. The fourth-order valence-corrected chi connectivity index (χ4v) is 2.16. The molecule has 0 aliphatic rings. The van der Waals surface area contributed by atoms with Gasteiger partial charge in [-0.15, -0.1) is 0 Å². The molecule has 0 aliphatic heterocycles. The van der Waals surface area contributed by atoms with E-state index in [4.69, 9.17) is 0 Å². The number of methoxy groups -OCH3 is 1. The van der Waals surface area contributed by atoms with Crippen molar-refractivity contribution < 1.29 is 14.3 Å². The van der Waals surface area contributed by atoms with E-state index in [1.807, 2.05) is 44.2 Å². The molecule has 0 radical (unpaired) electrons. The Balaban J connectivity index is 2.56. The van der Waals surface area contributed by atoms with Crippen molar-refractivity contribution in [2.24, 2.45) is 0 Å². The zero-order valence-corrected chi connectivity index (χ0v) is 13.2. The summed E-state index contributed by atoms with van der Waals surface area (Å²) in [6.45, 7) is 4.48. The van der Waals surface area contributed by atoms with Gasteiger partial charge >= 0.3 is 5.97 Å². The van der Waals surface area contributed by atoms with Crippen LogP contribution in [0.15, 0.2) is 30.3 Å². The first-order chi connectivity index (χ1) is 10.1. The maximum absolute atomic E-state index is 12.4. The Morgan fingerprint density at radius 1 is 1.19 bits per heavy atom. The first-order valence-corrected chi connectivity index (χ1v) is 7.48. The zero-order chi connectivity index (χ0) is 15.7. The van der Waals surface area contributed by atoms with Crippen molar-refractivity contribution in [1.82, 2.24) is 4.90 Å². The van der Waals surface area contributed by atoms with Gasteiger partial charge in [0, 0.05) is 19.0 Å². The fraction of sp³-hybridized carbons (Fsp3) is 0.529. The smallest absolute Gasteiger partial charge is 0.307 e. The molecule has 0 saturated carbocycles. The third kappa shape index (κ3) is 5.98. The van der Waals surface area contributed by atoms with Gasteiger partial charge in [0.15, 0.2) is 0 Å². The number of carbonyl (C=O) groups is 2. The van der Waals surface area contributed by atoms with Crippen molar-refractivity contribution in [2.45, 2.75) is 45.6 Å². The van der Waals surface area contributed by atoms with Crippen LogP contribution in [0.5, 0.6) is 0 Å². The van der Waals surface area contributed by atoms with Gasteiger partial charge in [0.25, 0.3) is 0 Å². The third-order valence-corrected chi connectivity index (χ3v) is 3.70. The minimum atomic E-state index is -0.279. The molecule has 0 saturated heterocycles. The predicted octanol–water partition coefficient (Wildman–Crippen LogP) is 2.81. The van der Waals surface area contributed by atoms with Crippen molar-refractivity contribution in [3.05, 3.63) is 35.9 Å². The molecule has 1 aromatic carbocycles. The maximum atomic E-state index is 12.4. The summed E-state index contributed by atoms with van der Waals surface area (Å²) in [6, 6.07) is 10.1. The summed E-state index contributed by atoms with van der Waals surface area (Å²) >= 11 is 0. The maximum Gasteiger partial charge on any atom is 0.307 e. The summed E-state index contributed by atoms with van der Waals surface area (Å²) in [5, 5.41) is 0. The highest BCUT2D eigenvalue weighted by atomic mass is 16.5. The third-order valence-electron chi connectivity index (χ3n) is 3.70. The summed E-state index contributed by atoms with van der Waals surface area (Å²) in [5.41, 5.74) is 1.16. The molecule has 0 bridgehead atoms. The van der Waals surface area contributed by atoms with Crippen LogP contribution in [0.25, 0.3) is 0 Å². The lowest BCUT2D eigenvalue weighted by molar-refractivity contribution is -0.142. The van der Waals surface area contributed by atoms with Gasteiger partial charge in [-0.2, -0.15) is 0 Å². The number of rotatable bonds is 8. The number of ether oxygens (including phenoxy) is 1. The molecule has 0 heterocycles. The van der Waals surface area contributed by atoms with Crippen molar-refractivity contribution >= 4 is 11.9 Å². The quantitative estimate of drug-likeness (QED) is 0.692. The van der Waals surface area contributed by atoms with Crippen LogP contribution in [0.1, 0.15) is 38.7 Å². The number of nitrogens with zero attached hydrogens (tertiary/aromatic N) is 1. The molecule has 0 aliphatic carbocycles. The van der Waals surface area contributed by atoms with Crippen molar-refractivity contribution in [1.29, 1.82) is 0 Å². The van der Waals surface area contributed by atoms with E-state index in [-0.39, 0.29) is 24.3 Å². The number of amides is 1. The molecule has 0 spiro atoms. The molecule has 4 heteroatoms. The van der Waals surface area contributed by atoms with Crippen LogP contribution >= 0.6 is 0 Å². The second-order valence-corrected chi connectivity index (χ2v) is 5.16. The Kier molecular flexibility index (Phi) is 7.51. The zero-order valence-electron chi connectivity index (χ0n) is 13.2. The number of carbonyl (C=O) groups excluding carboxylic acids is 2. The summed E-state index contributed by atoms with van der Waals surface area (Å²) < 4.78 is 4.65. The topological polar surface area (TPSA) is 46.6 Å². The lowest BCUT2D eigenvalue weighted by atomic mass is 10.1. The summed E-state index contributed by atoms with van der Waals surface area (Å²) in [6.07, 6.45) is 2.32. The van der Waals surface area contributed by atoms with E-state index in [0.717, 1.165) is 18.4 Å². The molecule has 1 aromatic rings. The van der Waals surface area contributed by atoms with Gasteiger partial charge in [0.05, 0.1) is 13.5 Å². The molecule has 0 fully saturated rings. The number of aryl methyl sites for hydroxylation is 1. The lowest BCUT2D eigenvalue weighted by Crippen LogP contribution is -2.40. The molecule has 0 aromatic heterocycles. The van der Waals surface area contributed by atoms with E-state index in [1.54, 1.807) is 4.90 Å². The number of hydrogen-bond acceptors (Lipinski definition) is 3. The number of hydrogen-bond donors (Lipinski definition) is 0. The van der Waals surface area contributed by atoms with Crippen molar-refractivity contribution in [3.8, 4) is 0 Å². The van der Waals surface area contributed by atoms with Gasteiger partial charge in [-0.3, -0.25) is 9.59 Å². The summed E-state index contributed by atoms with van der Waals surface area (Å²) in [5.74, 6) is -0.184. The highest BCUT2D eigenvalue weighted by Crippen LogP contribution is 2.10. The average molecular weight is 291 g/mol. The molecule has 1 unspecified atom stereocenters.